The molecular formula is C15H28N2O. The fourth-order valence-electron chi connectivity index (χ4n) is 3.17. The van der Waals surface area contributed by atoms with Crippen LogP contribution in [0, 0.1) is 5.92 Å². The quantitative estimate of drug-likeness (QED) is 0.769. The number of piperazine rings is 1. The molecule has 0 spiro atoms. The van der Waals surface area contributed by atoms with Gasteiger partial charge in [-0.15, -0.1) is 0 Å². The maximum atomic E-state index is 12.1. The van der Waals surface area contributed by atoms with Crippen LogP contribution in [0.4, 0.5) is 0 Å². The minimum atomic E-state index is 0.265. The summed E-state index contributed by atoms with van der Waals surface area (Å²) in [5, 5.41) is 0. The minimum Gasteiger partial charge on any atom is -0.298 e. The second-order valence-electron chi connectivity index (χ2n) is 6.88. The molecule has 1 saturated carbocycles. The zero-order chi connectivity index (χ0) is 13.2. The highest BCUT2D eigenvalue weighted by atomic mass is 16.1. The highest BCUT2D eigenvalue weighted by molar-refractivity contribution is 5.83. The Hall–Kier alpha value is -0.410. The Bertz CT molecular complexity index is 281. The zero-order valence-corrected chi connectivity index (χ0v) is 12.2. The van der Waals surface area contributed by atoms with Crippen LogP contribution in [0.1, 0.15) is 46.5 Å². The van der Waals surface area contributed by atoms with E-state index in [1.165, 1.54) is 12.8 Å². The number of nitrogens with zero attached hydrogens (tertiary/aromatic N) is 2. The van der Waals surface area contributed by atoms with Gasteiger partial charge in [0, 0.05) is 37.6 Å². The molecule has 0 aromatic carbocycles. The summed E-state index contributed by atoms with van der Waals surface area (Å²) in [6, 6.07) is 0. The van der Waals surface area contributed by atoms with Crippen LogP contribution in [-0.4, -0.2) is 53.8 Å². The van der Waals surface area contributed by atoms with E-state index in [-0.39, 0.29) is 5.54 Å². The molecule has 0 amide bonds. The number of carbonyl (C=O) groups excluding carboxylic acids is 1. The molecule has 0 aromatic heterocycles. The summed E-state index contributed by atoms with van der Waals surface area (Å²) in [6.07, 6.45) is 4.80. The van der Waals surface area contributed by atoms with Gasteiger partial charge in [0.05, 0.1) is 6.54 Å². The Labute approximate surface area is 112 Å². The predicted octanol–water partition coefficient (Wildman–Crippen LogP) is 2.16. The molecule has 2 fully saturated rings. The molecule has 3 heteroatoms. The summed E-state index contributed by atoms with van der Waals surface area (Å²) in [5.74, 6) is 0.877. The molecule has 1 aliphatic heterocycles. The lowest BCUT2D eigenvalue weighted by atomic mass is 10.0. The van der Waals surface area contributed by atoms with Gasteiger partial charge in [0.2, 0.25) is 0 Å². The van der Waals surface area contributed by atoms with Gasteiger partial charge >= 0.3 is 0 Å². The Morgan fingerprint density at radius 3 is 2.11 bits per heavy atom. The maximum absolute atomic E-state index is 12.1. The molecule has 0 aromatic rings. The molecule has 1 saturated heterocycles. The molecule has 104 valence electrons. The largest absolute Gasteiger partial charge is 0.298 e. The topological polar surface area (TPSA) is 23.6 Å². The third kappa shape index (κ3) is 3.55. The van der Waals surface area contributed by atoms with Gasteiger partial charge < -0.3 is 0 Å². The van der Waals surface area contributed by atoms with E-state index in [4.69, 9.17) is 0 Å². The van der Waals surface area contributed by atoms with Gasteiger partial charge in [-0.2, -0.15) is 0 Å². The van der Waals surface area contributed by atoms with Crippen molar-refractivity contribution in [3.8, 4) is 0 Å². The van der Waals surface area contributed by atoms with Gasteiger partial charge in [-0.25, -0.2) is 0 Å². The second kappa shape index (κ2) is 5.70. The first-order valence-electron chi connectivity index (χ1n) is 7.47. The van der Waals surface area contributed by atoms with Crippen molar-refractivity contribution in [1.29, 1.82) is 0 Å². The smallest absolute Gasteiger partial charge is 0.149 e. The van der Waals surface area contributed by atoms with Crippen molar-refractivity contribution in [3.63, 3.8) is 0 Å². The van der Waals surface area contributed by atoms with Crippen molar-refractivity contribution < 1.29 is 4.79 Å². The first kappa shape index (κ1) is 14.0. The lowest BCUT2D eigenvalue weighted by Gasteiger charge is -2.42. The summed E-state index contributed by atoms with van der Waals surface area (Å²) < 4.78 is 0. The van der Waals surface area contributed by atoms with Gasteiger partial charge in [0.25, 0.3) is 0 Å². The Morgan fingerprint density at radius 2 is 1.61 bits per heavy atom. The molecule has 0 unspecified atom stereocenters. The van der Waals surface area contributed by atoms with Gasteiger partial charge in [-0.05, 0) is 33.6 Å². The van der Waals surface area contributed by atoms with Crippen molar-refractivity contribution in [2.24, 2.45) is 5.92 Å². The van der Waals surface area contributed by atoms with Crippen LogP contribution < -0.4 is 0 Å². The fourth-order valence-corrected chi connectivity index (χ4v) is 3.17. The molecule has 0 radical (unpaired) electrons. The van der Waals surface area contributed by atoms with Gasteiger partial charge in [-0.1, -0.05) is 12.8 Å². The van der Waals surface area contributed by atoms with E-state index < -0.39 is 0 Å². The number of carbonyl (C=O) groups is 1. The highest BCUT2D eigenvalue weighted by Gasteiger charge is 2.28. The number of hydrogen-bond donors (Lipinski definition) is 0. The Morgan fingerprint density at radius 1 is 1.06 bits per heavy atom. The Balaban J connectivity index is 1.75. The van der Waals surface area contributed by atoms with Crippen LogP contribution in [0.3, 0.4) is 0 Å². The van der Waals surface area contributed by atoms with Gasteiger partial charge in [0.1, 0.15) is 5.78 Å². The van der Waals surface area contributed by atoms with Crippen LogP contribution in [0.2, 0.25) is 0 Å². The van der Waals surface area contributed by atoms with Crippen molar-refractivity contribution >= 4 is 5.78 Å². The summed E-state index contributed by atoms with van der Waals surface area (Å²) in [4.78, 5) is 17.0. The minimum absolute atomic E-state index is 0.265. The molecule has 2 rings (SSSR count). The van der Waals surface area contributed by atoms with Crippen LogP contribution in [0.15, 0.2) is 0 Å². The van der Waals surface area contributed by atoms with E-state index in [9.17, 15) is 4.79 Å². The van der Waals surface area contributed by atoms with E-state index in [0.717, 1.165) is 39.0 Å². The molecule has 18 heavy (non-hydrogen) atoms. The van der Waals surface area contributed by atoms with Crippen molar-refractivity contribution in [3.05, 3.63) is 0 Å². The third-order valence-electron chi connectivity index (χ3n) is 4.51. The summed E-state index contributed by atoms with van der Waals surface area (Å²) in [5.41, 5.74) is 0.265. The summed E-state index contributed by atoms with van der Waals surface area (Å²) in [7, 11) is 0. The van der Waals surface area contributed by atoms with Crippen LogP contribution in [0.5, 0.6) is 0 Å². The SMILES string of the molecule is CC(C)(C)N1CCN(CC(=O)C2CCCC2)CC1. The molecule has 0 N–H and O–H groups in total. The summed E-state index contributed by atoms with van der Waals surface area (Å²) >= 11 is 0. The molecule has 3 nitrogen and oxygen atoms in total. The van der Waals surface area contributed by atoms with Crippen molar-refractivity contribution in [1.82, 2.24) is 9.80 Å². The number of hydrogen-bond acceptors (Lipinski definition) is 3. The number of Topliss-reactive ketones (excluding diaryl/α,β-unsaturated/α-hetero) is 1. The normalized spacial score (nSPS) is 24.6. The molecule has 2 aliphatic rings. The number of ketones is 1. The molecule has 1 heterocycles. The monoisotopic (exact) mass is 252 g/mol. The second-order valence-corrected chi connectivity index (χ2v) is 6.88. The predicted molar refractivity (Wildman–Crippen MR) is 74.7 cm³/mol. The van der Waals surface area contributed by atoms with Crippen LogP contribution in [0.25, 0.3) is 0 Å². The highest BCUT2D eigenvalue weighted by Crippen LogP contribution is 2.26. The zero-order valence-electron chi connectivity index (χ0n) is 12.2. The van der Waals surface area contributed by atoms with E-state index in [1.807, 2.05) is 0 Å². The first-order valence-corrected chi connectivity index (χ1v) is 7.47. The van der Waals surface area contributed by atoms with E-state index in [0.29, 0.717) is 18.2 Å². The average Bonchev–Trinajstić information content (AvgIpc) is 2.82. The van der Waals surface area contributed by atoms with E-state index in [1.54, 1.807) is 0 Å². The van der Waals surface area contributed by atoms with Crippen LogP contribution in [-0.2, 0) is 4.79 Å². The maximum Gasteiger partial charge on any atom is 0.149 e. The Kier molecular flexibility index (Phi) is 4.44. The fraction of sp³-hybridized carbons (Fsp3) is 0.933. The standard InChI is InChI=1S/C15H28N2O/c1-15(2,3)17-10-8-16(9-11-17)12-14(18)13-6-4-5-7-13/h13H,4-12H2,1-3H3. The molecule has 1 aliphatic carbocycles. The molecule has 0 atom stereocenters. The third-order valence-corrected chi connectivity index (χ3v) is 4.51. The average molecular weight is 252 g/mol. The lowest BCUT2D eigenvalue weighted by Crippen LogP contribution is -2.54. The molecule has 0 bridgehead atoms. The van der Waals surface area contributed by atoms with Gasteiger partial charge in [0.15, 0.2) is 0 Å². The summed E-state index contributed by atoms with van der Waals surface area (Å²) in [6.45, 7) is 11.8. The van der Waals surface area contributed by atoms with Crippen molar-refractivity contribution in [2.75, 3.05) is 32.7 Å². The number of rotatable bonds is 3. The van der Waals surface area contributed by atoms with E-state index >= 15 is 0 Å². The lowest BCUT2D eigenvalue weighted by molar-refractivity contribution is -0.124. The van der Waals surface area contributed by atoms with E-state index in [2.05, 4.69) is 30.6 Å². The van der Waals surface area contributed by atoms with Gasteiger partial charge in [-0.3, -0.25) is 14.6 Å². The van der Waals surface area contributed by atoms with Crippen LogP contribution >= 0.6 is 0 Å². The molecular weight excluding hydrogens is 224 g/mol. The first-order chi connectivity index (χ1) is 8.47. The van der Waals surface area contributed by atoms with Crippen molar-refractivity contribution in [2.45, 2.75) is 52.0 Å².